The van der Waals surface area contributed by atoms with Crippen LogP contribution in [0.15, 0.2) is 24.3 Å². The third-order valence-electron chi connectivity index (χ3n) is 1.43. The summed E-state index contributed by atoms with van der Waals surface area (Å²) in [5.41, 5.74) is 0.990. The fourth-order valence-corrected chi connectivity index (χ4v) is 1.07. The highest BCUT2D eigenvalue weighted by Crippen LogP contribution is 2.11. The smallest absolute Gasteiger partial charge is 0.101 e. The summed E-state index contributed by atoms with van der Waals surface area (Å²) >= 11 is 5.65. The summed E-state index contributed by atoms with van der Waals surface area (Å²) in [7, 11) is 0. The van der Waals surface area contributed by atoms with Crippen molar-refractivity contribution in [2.24, 2.45) is 0 Å². The Kier molecular flexibility index (Phi) is 2.89. The van der Waals surface area contributed by atoms with E-state index in [1.54, 1.807) is 19.1 Å². The highest BCUT2D eigenvalue weighted by Gasteiger charge is 1.99. The van der Waals surface area contributed by atoms with Gasteiger partial charge in [0, 0.05) is 11.4 Å². The molecule has 0 amide bonds. The quantitative estimate of drug-likeness (QED) is 0.643. The van der Waals surface area contributed by atoms with Crippen LogP contribution in [0.5, 0.6) is 0 Å². The van der Waals surface area contributed by atoms with Crippen LogP contribution in [0.25, 0.3) is 0 Å². The molecule has 0 fully saturated rings. The maximum atomic E-state index is 12.5. The topological polar surface area (TPSA) is 0 Å². The largest absolute Gasteiger partial charge is 0.247 e. The van der Waals surface area contributed by atoms with Gasteiger partial charge >= 0.3 is 0 Å². The van der Waals surface area contributed by atoms with Gasteiger partial charge in [0.1, 0.15) is 6.17 Å². The second-order valence-electron chi connectivity index (χ2n) is 2.61. The molecule has 0 aliphatic carbocycles. The van der Waals surface area contributed by atoms with Crippen LogP contribution >= 0.6 is 11.6 Å². The molecule has 60 valence electrons. The summed E-state index contributed by atoms with van der Waals surface area (Å²) in [5.74, 6) is 0. The first-order valence-electron chi connectivity index (χ1n) is 3.57. The van der Waals surface area contributed by atoms with Crippen molar-refractivity contribution in [3.63, 3.8) is 0 Å². The van der Waals surface area contributed by atoms with Gasteiger partial charge in [-0.1, -0.05) is 23.7 Å². The van der Waals surface area contributed by atoms with Crippen molar-refractivity contribution < 1.29 is 4.39 Å². The lowest BCUT2D eigenvalue weighted by molar-refractivity contribution is 0.360. The molecule has 0 saturated carbocycles. The monoisotopic (exact) mass is 172 g/mol. The molecule has 1 unspecified atom stereocenters. The second kappa shape index (κ2) is 3.72. The molecule has 0 nitrogen and oxygen atoms in total. The van der Waals surface area contributed by atoms with Gasteiger partial charge in [-0.15, -0.1) is 0 Å². The molecular weight excluding hydrogens is 163 g/mol. The molecule has 0 aliphatic rings. The van der Waals surface area contributed by atoms with Crippen LogP contribution in [-0.4, -0.2) is 6.17 Å². The molecule has 1 atom stereocenters. The zero-order valence-corrected chi connectivity index (χ0v) is 7.11. The Bertz CT molecular complexity index is 216. The van der Waals surface area contributed by atoms with Crippen LogP contribution in [0.3, 0.4) is 0 Å². The van der Waals surface area contributed by atoms with E-state index in [0.29, 0.717) is 11.4 Å². The number of alkyl halides is 1. The molecule has 11 heavy (non-hydrogen) atoms. The molecule has 0 N–H and O–H groups in total. The lowest BCUT2D eigenvalue weighted by Gasteiger charge is -2.00. The van der Waals surface area contributed by atoms with Gasteiger partial charge in [-0.05, 0) is 24.6 Å². The summed E-state index contributed by atoms with van der Waals surface area (Å²) in [5, 5.41) is 0.695. The van der Waals surface area contributed by atoms with E-state index >= 15 is 0 Å². The Balaban J connectivity index is 2.66. The van der Waals surface area contributed by atoms with Crippen molar-refractivity contribution in [2.45, 2.75) is 19.5 Å². The summed E-state index contributed by atoms with van der Waals surface area (Å²) in [6.45, 7) is 1.55. The summed E-state index contributed by atoms with van der Waals surface area (Å²) in [6, 6.07) is 7.25. The standard InChI is InChI=1S/C9H10ClF/c1-7(11)6-8-2-4-9(10)5-3-8/h2-5,7H,6H2,1H3. The number of rotatable bonds is 2. The highest BCUT2D eigenvalue weighted by atomic mass is 35.5. The van der Waals surface area contributed by atoms with Crippen molar-refractivity contribution in [3.8, 4) is 0 Å². The van der Waals surface area contributed by atoms with Crippen molar-refractivity contribution in [3.05, 3.63) is 34.9 Å². The fourth-order valence-electron chi connectivity index (χ4n) is 0.945. The lowest BCUT2D eigenvalue weighted by atomic mass is 10.1. The third-order valence-corrected chi connectivity index (χ3v) is 1.68. The van der Waals surface area contributed by atoms with Crippen LogP contribution in [0.4, 0.5) is 4.39 Å². The molecular formula is C9H10ClF. The van der Waals surface area contributed by atoms with Gasteiger partial charge in [-0.3, -0.25) is 0 Å². The summed E-state index contributed by atoms with van der Waals surface area (Å²) in [4.78, 5) is 0. The minimum Gasteiger partial charge on any atom is -0.247 e. The molecule has 0 radical (unpaired) electrons. The van der Waals surface area contributed by atoms with E-state index in [1.165, 1.54) is 0 Å². The van der Waals surface area contributed by atoms with E-state index in [9.17, 15) is 4.39 Å². The predicted octanol–water partition coefficient (Wildman–Crippen LogP) is 3.24. The number of halogens is 2. The number of hydrogen-bond donors (Lipinski definition) is 0. The van der Waals surface area contributed by atoms with E-state index in [4.69, 9.17) is 11.6 Å². The number of benzene rings is 1. The van der Waals surface area contributed by atoms with E-state index in [0.717, 1.165) is 5.56 Å². The highest BCUT2D eigenvalue weighted by molar-refractivity contribution is 6.30. The third kappa shape index (κ3) is 2.89. The van der Waals surface area contributed by atoms with Gasteiger partial charge in [-0.25, -0.2) is 4.39 Å². The van der Waals surface area contributed by atoms with E-state index < -0.39 is 6.17 Å². The molecule has 0 saturated heterocycles. The fraction of sp³-hybridized carbons (Fsp3) is 0.333. The van der Waals surface area contributed by atoms with Crippen LogP contribution in [0, 0.1) is 0 Å². The normalized spacial score (nSPS) is 13.0. The zero-order valence-electron chi connectivity index (χ0n) is 6.35. The maximum Gasteiger partial charge on any atom is 0.101 e. The van der Waals surface area contributed by atoms with Gasteiger partial charge in [0.2, 0.25) is 0 Å². The molecule has 0 aliphatic heterocycles. The Labute approximate surface area is 71.0 Å². The molecule has 0 bridgehead atoms. The predicted molar refractivity (Wildman–Crippen MR) is 45.7 cm³/mol. The van der Waals surface area contributed by atoms with Crippen LogP contribution in [0.2, 0.25) is 5.02 Å². The van der Waals surface area contributed by atoms with Crippen molar-refractivity contribution >= 4 is 11.6 Å². The Morgan fingerprint density at radius 2 is 1.91 bits per heavy atom. The van der Waals surface area contributed by atoms with E-state index in [-0.39, 0.29) is 0 Å². The van der Waals surface area contributed by atoms with Gasteiger partial charge < -0.3 is 0 Å². The van der Waals surface area contributed by atoms with Crippen LogP contribution < -0.4 is 0 Å². The molecule has 2 heteroatoms. The Morgan fingerprint density at radius 1 is 1.36 bits per heavy atom. The summed E-state index contributed by atoms with van der Waals surface area (Å²) in [6.07, 6.45) is -0.312. The van der Waals surface area contributed by atoms with Gasteiger partial charge in [0.15, 0.2) is 0 Å². The van der Waals surface area contributed by atoms with Crippen molar-refractivity contribution in [1.82, 2.24) is 0 Å². The Morgan fingerprint density at radius 3 is 2.36 bits per heavy atom. The average molecular weight is 173 g/mol. The lowest BCUT2D eigenvalue weighted by Crippen LogP contribution is -1.97. The van der Waals surface area contributed by atoms with Gasteiger partial charge in [0.05, 0.1) is 0 Å². The molecule has 0 aromatic heterocycles. The first kappa shape index (κ1) is 8.54. The molecule has 0 heterocycles. The first-order valence-corrected chi connectivity index (χ1v) is 3.95. The Hall–Kier alpha value is -0.560. The molecule has 0 spiro atoms. The number of hydrogen-bond acceptors (Lipinski definition) is 0. The minimum absolute atomic E-state index is 0.469. The average Bonchev–Trinajstić information content (AvgIpc) is 1.93. The summed E-state index contributed by atoms with van der Waals surface area (Å²) < 4.78 is 12.5. The van der Waals surface area contributed by atoms with Crippen LogP contribution in [-0.2, 0) is 6.42 Å². The molecule has 1 rings (SSSR count). The van der Waals surface area contributed by atoms with E-state index in [1.807, 2.05) is 12.1 Å². The molecule has 1 aromatic carbocycles. The SMILES string of the molecule is CC(F)Cc1ccc(Cl)cc1. The van der Waals surface area contributed by atoms with Gasteiger partial charge in [-0.2, -0.15) is 0 Å². The van der Waals surface area contributed by atoms with Crippen molar-refractivity contribution in [2.75, 3.05) is 0 Å². The van der Waals surface area contributed by atoms with Crippen LogP contribution in [0.1, 0.15) is 12.5 Å². The molecule has 1 aromatic rings. The van der Waals surface area contributed by atoms with Gasteiger partial charge in [0.25, 0.3) is 0 Å². The minimum atomic E-state index is -0.781. The first-order chi connectivity index (χ1) is 5.18. The zero-order chi connectivity index (χ0) is 8.27. The maximum absolute atomic E-state index is 12.5. The second-order valence-corrected chi connectivity index (χ2v) is 3.05. The van der Waals surface area contributed by atoms with Crippen molar-refractivity contribution in [1.29, 1.82) is 0 Å². The van der Waals surface area contributed by atoms with E-state index in [2.05, 4.69) is 0 Å².